The van der Waals surface area contributed by atoms with Crippen LogP contribution in [0.4, 0.5) is 0 Å². The Labute approximate surface area is 124 Å². The summed E-state index contributed by atoms with van der Waals surface area (Å²) in [6.07, 6.45) is 1.11. The van der Waals surface area contributed by atoms with E-state index in [9.17, 15) is 14.4 Å². The maximum absolute atomic E-state index is 12.0. The molecule has 1 aromatic rings. The van der Waals surface area contributed by atoms with E-state index in [-0.39, 0.29) is 10.6 Å². The number of benzene rings is 1. The first kappa shape index (κ1) is 16.3. The van der Waals surface area contributed by atoms with E-state index in [2.05, 4.69) is 5.32 Å². The summed E-state index contributed by atoms with van der Waals surface area (Å²) in [5.41, 5.74) is 0.107. The van der Waals surface area contributed by atoms with Gasteiger partial charge in [-0.25, -0.2) is 4.79 Å². The minimum absolute atomic E-state index is 0.107. The minimum atomic E-state index is -1.51. The third-order valence-corrected chi connectivity index (χ3v) is 3.46. The van der Waals surface area contributed by atoms with Gasteiger partial charge in [0.1, 0.15) is 6.04 Å². The summed E-state index contributed by atoms with van der Waals surface area (Å²) >= 11 is 7.28. The molecule has 0 aliphatic rings. The van der Waals surface area contributed by atoms with Gasteiger partial charge in [0, 0.05) is 4.90 Å². The van der Waals surface area contributed by atoms with Crippen LogP contribution < -0.4 is 5.32 Å². The molecule has 1 atom stereocenters. The first-order valence-corrected chi connectivity index (χ1v) is 7.04. The van der Waals surface area contributed by atoms with Crippen molar-refractivity contribution in [2.75, 3.05) is 6.26 Å². The van der Waals surface area contributed by atoms with E-state index >= 15 is 0 Å². The summed E-state index contributed by atoms with van der Waals surface area (Å²) in [6.45, 7) is 0. The highest BCUT2D eigenvalue weighted by Gasteiger charge is 2.24. The molecule has 3 N–H and O–H groups in total. The largest absolute Gasteiger partial charge is 0.481 e. The Morgan fingerprint density at radius 1 is 1.35 bits per heavy atom. The highest BCUT2D eigenvalue weighted by atomic mass is 35.5. The van der Waals surface area contributed by atoms with Gasteiger partial charge in [-0.1, -0.05) is 11.6 Å². The van der Waals surface area contributed by atoms with Crippen molar-refractivity contribution in [3.63, 3.8) is 0 Å². The van der Waals surface area contributed by atoms with Gasteiger partial charge in [-0.05, 0) is 24.5 Å². The number of nitrogens with one attached hydrogen (secondary N) is 1. The molecule has 0 aliphatic heterocycles. The molecule has 0 radical (unpaired) electrons. The minimum Gasteiger partial charge on any atom is -0.481 e. The summed E-state index contributed by atoms with van der Waals surface area (Å²) in [7, 11) is 0. The summed E-state index contributed by atoms with van der Waals surface area (Å²) in [4.78, 5) is 34.2. The molecular formula is C12H12ClNO5S. The van der Waals surface area contributed by atoms with Crippen molar-refractivity contribution in [2.24, 2.45) is 0 Å². The normalized spacial score (nSPS) is 11.7. The van der Waals surface area contributed by atoms with Crippen molar-refractivity contribution in [2.45, 2.75) is 17.4 Å². The average molecular weight is 318 g/mol. The van der Waals surface area contributed by atoms with E-state index in [1.807, 2.05) is 6.26 Å². The molecule has 1 rings (SSSR count). The number of carbonyl (C=O) groups is 3. The number of thioether (sulfide) groups is 1. The molecule has 0 spiro atoms. The Balaban J connectivity index is 2.94. The topological polar surface area (TPSA) is 104 Å². The third-order valence-electron chi connectivity index (χ3n) is 2.40. The second-order valence-electron chi connectivity index (χ2n) is 3.81. The van der Waals surface area contributed by atoms with Crippen LogP contribution in [0, 0.1) is 0 Å². The van der Waals surface area contributed by atoms with E-state index in [1.54, 1.807) is 6.07 Å². The Kier molecular flexibility index (Phi) is 5.84. The third kappa shape index (κ3) is 4.43. The van der Waals surface area contributed by atoms with Crippen LogP contribution in [-0.2, 0) is 9.59 Å². The highest BCUT2D eigenvalue weighted by Crippen LogP contribution is 2.23. The van der Waals surface area contributed by atoms with Crippen LogP contribution in [-0.4, -0.2) is 40.4 Å². The summed E-state index contributed by atoms with van der Waals surface area (Å²) in [5, 5.41) is 19.8. The second-order valence-corrected chi connectivity index (χ2v) is 5.09. The molecular weight excluding hydrogens is 306 g/mol. The van der Waals surface area contributed by atoms with Crippen LogP contribution in [0.25, 0.3) is 0 Å². The van der Waals surface area contributed by atoms with Crippen molar-refractivity contribution in [3.8, 4) is 0 Å². The predicted molar refractivity (Wildman–Crippen MR) is 74.4 cm³/mol. The zero-order valence-electron chi connectivity index (χ0n) is 10.4. The van der Waals surface area contributed by atoms with E-state index in [0.717, 1.165) is 4.90 Å². The van der Waals surface area contributed by atoms with Crippen molar-refractivity contribution in [1.29, 1.82) is 0 Å². The van der Waals surface area contributed by atoms with Crippen LogP contribution in [0.2, 0.25) is 5.02 Å². The summed E-state index contributed by atoms with van der Waals surface area (Å²) in [5.74, 6) is -3.46. The maximum Gasteiger partial charge on any atom is 0.326 e. The van der Waals surface area contributed by atoms with Gasteiger partial charge >= 0.3 is 11.9 Å². The van der Waals surface area contributed by atoms with Crippen molar-refractivity contribution in [3.05, 3.63) is 28.8 Å². The molecule has 0 unspecified atom stereocenters. The van der Waals surface area contributed by atoms with Gasteiger partial charge in [0.25, 0.3) is 5.91 Å². The molecule has 0 saturated heterocycles. The van der Waals surface area contributed by atoms with E-state index in [4.69, 9.17) is 21.8 Å². The van der Waals surface area contributed by atoms with Gasteiger partial charge in [-0.2, -0.15) is 0 Å². The number of rotatable bonds is 6. The van der Waals surface area contributed by atoms with E-state index in [0.29, 0.717) is 0 Å². The van der Waals surface area contributed by atoms with Gasteiger partial charge in [-0.15, -0.1) is 11.8 Å². The Hall–Kier alpha value is -1.73. The quantitative estimate of drug-likeness (QED) is 0.690. The molecule has 8 heteroatoms. The van der Waals surface area contributed by atoms with Crippen LogP contribution in [0.1, 0.15) is 16.8 Å². The molecule has 0 saturated carbocycles. The monoisotopic (exact) mass is 317 g/mol. The van der Waals surface area contributed by atoms with Gasteiger partial charge in [-0.3, -0.25) is 9.59 Å². The fourth-order valence-electron chi connectivity index (χ4n) is 1.42. The number of hydrogen-bond donors (Lipinski definition) is 3. The van der Waals surface area contributed by atoms with Crippen molar-refractivity contribution in [1.82, 2.24) is 5.32 Å². The first-order valence-electron chi connectivity index (χ1n) is 5.44. The molecule has 0 fully saturated rings. The Morgan fingerprint density at radius 3 is 2.50 bits per heavy atom. The second kappa shape index (κ2) is 7.16. The molecule has 108 valence electrons. The van der Waals surface area contributed by atoms with Crippen LogP contribution in [0.5, 0.6) is 0 Å². The van der Waals surface area contributed by atoms with Gasteiger partial charge in [0.15, 0.2) is 0 Å². The number of carbonyl (C=O) groups excluding carboxylic acids is 1. The summed E-state index contributed by atoms with van der Waals surface area (Å²) < 4.78 is 0. The fourth-order valence-corrected chi connectivity index (χ4v) is 2.06. The maximum atomic E-state index is 12.0. The molecule has 0 bridgehead atoms. The zero-order valence-corrected chi connectivity index (χ0v) is 12.0. The molecule has 0 heterocycles. The lowest BCUT2D eigenvalue weighted by Gasteiger charge is -2.13. The lowest BCUT2D eigenvalue weighted by Crippen LogP contribution is -2.42. The number of hydrogen-bond acceptors (Lipinski definition) is 4. The van der Waals surface area contributed by atoms with Crippen LogP contribution in [0.3, 0.4) is 0 Å². The number of amides is 1. The first-order chi connectivity index (χ1) is 9.35. The van der Waals surface area contributed by atoms with E-state index < -0.39 is 30.3 Å². The molecule has 1 amide bonds. The molecule has 0 aliphatic carbocycles. The average Bonchev–Trinajstić information content (AvgIpc) is 2.37. The van der Waals surface area contributed by atoms with E-state index in [1.165, 1.54) is 23.9 Å². The number of carboxylic acid groups (broad SMARTS) is 2. The highest BCUT2D eigenvalue weighted by molar-refractivity contribution is 7.98. The standard InChI is InChI=1S/C12H12ClNO5S/c1-20-6-2-3-8(13)7(4-6)11(17)14-9(12(18)19)5-10(15)16/h2-4,9H,5H2,1H3,(H,14,17)(H,15,16)(H,18,19)/t9-/m1/s1. The molecule has 20 heavy (non-hydrogen) atoms. The van der Waals surface area contributed by atoms with Crippen molar-refractivity contribution >= 4 is 41.2 Å². The fraction of sp³-hybridized carbons (Fsp3) is 0.250. The number of aliphatic carboxylic acids is 2. The Morgan fingerprint density at radius 2 is 2.00 bits per heavy atom. The Bertz CT molecular complexity index is 549. The SMILES string of the molecule is CSc1ccc(Cl)c(C(=O)N[C@H](CC(=O)O)C(=O)O)c1. The van der Waals surface area contributed by atoms with Crippen molar-refractivity contribution < 1.29 is 24.6 Å². The van der Waals surface area contributed by atoms with Crippen LogP contribution >= 0.6 is 23.4 Å². The number of carboxylic acids is 2. The van der Waals surface area contributed by atoms with Crippen LogP contribution in [0.15, 0.2) is 23.1 Å². The molecule has 1 aromatic carbocycles. The smallest absolute Gasteiger partial charge is 0.326 e. The summed E-state index contributed by atoms with van der Waals surface area (Å²) in [6, 6.07) is 3.25. The lowest BCUT2D eigenvalue weighted by molar-refractivity contribution is -0.145. The predicted octanol–water partition coefficient (Wildman–Crippen LogP) is 1.72. The van der Waals surface area contributed by atoms with Gasteiger partial charge in [0.05, 0.1) is 17.0 Å². The van der Waals surface area contributed by atoms with Gasteiger partial charge in [0.2, 0.25) is 0 Å². The van der Waals surface area contributed by atoms with Gasteiger partial charge < -0.3 is 15.5 Å². The molecule has 0 aromatic heterocycles. The molecule has 6 nitrogen and oxygen atoms in total. The number of halogens is 1. The zero-order chi connectivity index (χ0) is 15.3. The lowest BCUT2D eigenvalue weighted by atomic mass is 10.1.